The predicted octanol–water partition coefficient (Wildman–Crippen LogP) is 1.55. The van der Waals surface area contributed by atoms with Crippen molar-refractivity contribution < 1.29 is 4.74 Å². The van der Waals surface area contributed by atoms with Crippen LogP contribution in [0, 0.1) is 0 Å². The minimum absolute atomic E-state index is 0.127. The normalized spacial score (nSPS) is 9.80. The third-order valence-electron chi connectivity index (χ3n) is 1.53. The SMILES string of the molecule is C=CCCOc1nc(Cl)nc(N(C)C)n1. The average Bonchev–Trinajstić information content (AvgIpc) is 2.17. The van der Waals surface area contributed by atoms with E-state index >= 15 is 0 Å². The Balaban J connectivity index is 2.74. The molecule has 0 bridgehead atoms. The Bertz CT molecular complexity index is 343. The van der Waals surface area contributed by atoms with Crippen molar-refractivity contribution in [2.75, 3.05) is 25.6 Å². The zero-order valence-electron chi connectivity index (χ0n) is 8.77. The average molecular weight is 229 g/mol. The molecule has 0 unspecified atom stereocenters. The molecule has 0 amide bonds. The number of ether oxygens (including phenoxy) is 1. The number of halogens is 1. The van der Waals surface area contributed by atoms with E-state index in [1.165, 1.54) is 0 Å². The molecule has 1 aromatic heterocycles. The van der Waals surface area contributed by atoms with Crippen LogP contribution in [0.25, 0.3) is 0 Å². The van der Waals surface area contributed by atoms with E-state index in [2.05, 4.69) is 21.5 Å². The molecule has 0 saturated heterocycles. The molecule has 0 fully saturated rings. The molecule has 0 aromatic carbocycles. The summed E-state index contributed by atoms with van der Waals surface area (Å²) in [6.07, 6.45) is 2.50. The van der Waals surface area contributed by atoms with Crippen LogP contribution in [0.4, 0.5) is 5.95 Å². The predicted molar refractivity (Wildman–Crippen MR) is 59.5 cm³/mol. The van der Waals surface area contributed by atoms with E-state index in [9.17, 15) is 0 Å². The van der Waals surface area contributed by atoms with Gasteiger partial charge in [0.1, 0.15) is 0 Å². The topological polar surface area (TPSA) is 51.1 Å². The van der Waals surface area contributed by atoms with Crippen molar-refractivity contribution in [3.8, 4) is 6.01 Å². The fourth-order valence-electron chi connectivity index (χ4n) is 0.820. The highest BCUT2D eigenvalue weighted by atomic mass is 35.5. The second kappa shape index (κ2) is 5.50. The summed E-state index contributed by atoms with van der Waals surface area (Å²) in [4.78, 5) is 13.6. The molecule has 1 rings (SSSR count). The number of hydrogen-bond donors (Lipinski definition) is 0. The van der Waals surface area contributed by atoms with Crippen molar-refractivity contribution in [2.45, 2.75) is 6.42 Å². The van der Waals surface area contributed by atoms with Crippen molar-refractivity contribution in [2.24, 2.45) is 0 Å². The minimum Gasteiger partial charge on any atom is -0.463 e. The lowest BCUT2D eigenvalue weighted by atomic mass is 10.5. The quantitative estimate of drug-likeness (QED) is 0.565. The van der Waals surface area contributed by atoms with Crippen LogP contribution < -0.4 is 9.64 Å². The first-order valence-electron chi connectivity index (χ1n) is 4.46. The highest BCUT2D eigenvalue weighted by Crippen LogP contribution is 2.13. The van der Waals surface area contributed by atoms with Gasteiger partial charge in [-0.15, -0.1) is 6.58 Å². The Morgan fingerprint density at radius 1 is 1.40 bits per heavy atom. The maximum Gasteiger partial charge on any atom is 0.322 e. The Hall–Kier alpha value is -1.36. The Labute approximate surface area is 93.8 Å². The first kappa shape index (κ1) is 11.7. The van der Waals surface area contributed by atoms with Crippen LogP contribution in [0.2, 0.25) is 5.28 Å². The maximum absolute atomic E-state index is 5.72. The number of rotatable bonds is 5. The van der Waals surface area contributed by atoms with E-state index in [-0.39, 0.29) is 11.3 Å². The molecule has 0 aliphatic rings. The van der Waals surface area contributed by atoms with Gasteiger partial charge in [0, 0.05) is 14.1 Å². The summed E-state index contributed by atoms with van der Waals surface area (Å²) in [5.41, 5.74) is 0. The second-order valence-electron chi connectivity index (χ2n) is 3.01. The minimum atomic E-state index is 0.127. The molecule has 6 heteroatoms. The van der Waals surface area contributed by atoms with Gasteiger partial charge in [-0.05, 0) is 18.0 Å². The number of nitrogens with zero attached hydrogens (tertiary/aromatic N) is 4. The molecule has 82 valence electrons. The van der Waals surface area contributed by atoms with E-state index in [1.807, 2.05) is 14.1 Å². The van der Waals surface area contributed by atoms with Crippen LogP contribution >= 0.6 is 11.6 Å². The van der Waals surface area contributed by atoms with E-state index < -0.39 is 0 Å². The van der Waals surface area contributed by atoms with Crippen LogP contribution in [0.15, 0.2) is 12.7 Å². The van der Waals surface area contributed by atoms with Crippen molar-refractivity contribution in [3.63, 3.8) is 0 Å². The largest absolute Gasteiger partial charge is 0.463 e. The summed E-state index contributed by atoms with van der Waals surface area (Å²) < 4.78 is 5.27. The van der Waals surface area contributed by atoms with Crippen molar-refractivity contribution >= 4 is 17.5 Å². The smallest absolute Gasteiger partial charge is 0.322 e. The Kier molecular flexibility index (Phi) is 4.30. The standard InChI is InChI=1S/C9H13ClN4O/c1-4-5-6-15-9-12-7(10)11-8(13-9)14(2)3/h4H,1,5-6H2,2-3H3. The van der Waals surface area contributed by atoms with E-state index in [0.717, 1.165) is 6.42 Å². The highest BCUT2D eigenvalue weighted by Gasteiger charge is 2.06. The van der Waals surface area contributed by atoms with Gasteiger partial charge in [-0.2, -0.15) is 15.0 Å². The van der Waals surface area contributed by atoms with E-state index in [4.69, 9.17) is 16.3 Å². The van der Waals surface area contributed by atoms with Crippen LogP contribution in [-0.4, -0.2) is 35.7 Å². The molecule has 0 radical (unpaired) electrons. The van der Waals surface area contributed by atoms with Crippen LogP contribution in [0.5, 0.6) is 6.01 Å². The van der Waals surface area contributed by atoms with Gasteiger partial charge >= 0.3 is 6.01 Å². The van der Waals surface area contributed by atoms with Gasteiger partial charge in [0.25, 0.3) is 0 Å². The van der Waals surface area contributed by atoms with Gasteiger partial charge in [0.2, 0.25) is 11.2 Å². The summed E-state index contributed by atoms with van der Waals surface area (Å²) in [5.74, 6) is 0.476. The maximum atomic E-state index is 5.72. The first-order valence-corrected chi connectivity index (χ1v) is 4.84. The van der Waals surface area contributed by atoms with E-state index in [0.29, 0.717) is 12.6 Å². The van der Waals surface area contributed by atoms with Crippen molar-refractivity contribution in [3.05, 3.63) is 17.9 Å². The lowest BCUT2D eigenvalue weighted by Crippen LogP contribution is -2.14. The van der Waals surface area contributed by atoms with Crippen LogP contribution in [-0.2, 0) is 0 Å². The molecule has 5 nitrogen and oxygen atoms in total. The third-order valence-corrected chi connectivity index (χ3v) is 1.70. The van der Waals surface area contributed by atoms with Crippen molar-refractivity contribution in [1.82, 2.24) is 15.0 Å². The Morgan fingerprint density at radius 2 is 2.13 bits per heavy atom. The summed E-state index contributed by atoms with van der Waals surface area (Å²) in [6.45, 7) is 4.07. The summed E-state index contributed by atoms with van der Waals surface area (Å²) in [5, 5.41) is 0.127. The lowest BCUT2D eigenvalue weighted by molar-refractivity contribution is 0.298. The molecule has 0 atom stereocenters. The molecule has 1 aromatic rings. The molecular formula is C9H13ClN4O. The molecule has 0 saturated carbocycles. The summed E-state index contributed by atoms with van der Waals surface area (Å²) >= 11 is 5.72. The van der Waals surface area contributed by atoms with Gasteiger partial charge in [-0.3, -0.25) is 0 Å². The summed E-state index contributed by atoms with van der Waals surface area (Å²) in [7, 11) is 3.64. The fourth-order valence-corrected chi connectivity index (χ4v) is 0.968. The molecule has 1 heterocycles. The molecule has 0 aliphatic carbocycles. The zero-order chi connectivity index (χ0) is 11.3. The first-order chi connectivity index (χ1) is 7.13. The highest BCUT2D eigenvalue weighted by molar-refractivity contribution is 6.28. The number of aromatic nitrogens is 3. The van der Waals surface area contributed by atoms with Crippen LogP contribution in [0.3, 0.4) is 0 Å². The van der Waals surface area contributed by atoms with Gasteiger partial charge in [0.15, 0.2) is 0 Å². The second-order valence-corrected chi connectivity index (χ2v) is 3.35. The van der Waals surface area contributed by atoms with Gasteiger partial charge in [0.05, 0.1) is 6.61 Å². The molecule has 0 aliphatic heterocycles. The van der Waals surface area contributed by atoms with Gasteiger partial charge in [-0.1, -0.05) is 6.08 Å². The van der Waals surface area contributed by atoms with Gasteiger partial charge in [-0.25, -0.2) is 0 Å². The van der Waals surface area contributed by atoms with Gasteiger partial charge < -0.3 is 9.64 Å². The zero-order valence-corrected chi connectivity index (χ0v) is 9.53. The fraction of sp³-hybridized carbons (Fsp3) is 0.444. The number of anilines is 1. The summed E-state index contributed by atoms with van der Waals surface area (Å²) in [6, 6.07) is 0.237. The van der Waals surface area contributed by atoms with E-state index in [1.54, 1.807) is 11.0 Å². The lowest BCUT2D eigenvalue weighted by Gasteiger charge is -2.10. The molecule has 0 spiro atoms. The van der Waals surface area contributed by atoms with Crippen molar-refractivity contribution in [1.29, 1.82) is 0 Å². The number of hydrogen-bond acceptors (Lipinski definition) is 5. The molecule has 15 heavy (non-hydrogen) atoms. The Morgan fingerprint density at radius 3 is 2.73 bits per heavy atom. The molecule has 0 N–H and O–H groups in total. The van der Waals surface area contributed by atoms with Crippen LogP contribution in [0.1, 0.15) is 6.42 Å². The molecular weight excluding hydrogens is 216 g/mol. The third kappa shape index (κ3) is 3.71. The monoisotopic (exact) mass is 228 g/mol.